The summed E-state index contributed by atoms with van der Waals surface area (Å²) in [6.45, 7) is 3.52. The first kappa shape index (κ1) is 14.8. The minimum absolute atomic E-state index is 0.637. The smallest absolute Gasteiger partial charge is 0.450 e. The van der Waals surface area contributed by atoms with Crippen molar-refractivity contribution in [2.24, 2.45) is 0 Å². The molecule has 0 radical (unpaired) electrons. The van der Waals surface area contributed by atoms with Crippen LogP contribution < -0.4 is 0 Å². The number of terminal acetylenes is 1. The lowest BCUT2D eigenvalue weighted by Crippen LogP contribution is -2.26. The quantitative estimate of drug-likeness (QED) is 0.643. The summed E-state index contributed by atoms with van der Waals surface area (Å²) in [7, 11) is 0. The van der Waals surface area contributed by atoms with E-state index in [-0.39, 0.29) is 0 Å². The van der Waals surface area contributed by atoms with Gasteiger partial charge in [0.25, 0.3) is 0 Å². The monoisotopic (exact) mass is 258 g/mol. The Bertz CT molecular complexity index is 490. The van der Waals surface area contributed by atoms with Gasteiger partial charge in [0.15, 0.2) is 0 Å². The zero-order chi connectivity index (χ0) is 14.3. The Balaban J connectivity index is 2.46. The van der Waals surface area contributed by atoms with Gasteiger partial charge in [0.2, 0.25) is 0 Å². The normalized spacial score (nSPS) is 11.2. The van der Waals surface area contributed by atoms with Gasteiger partial charge in [0.1, 0.15) is 5.60 Å². The molecule has 3 heteroatoms. The molecule has 0 atom stereocenters. The average Bonchev–Trinajstić information content (AvgIpc) is 2.34. The third-order valence-corrected chi connectivity index (χ3v) is 2.66. The molecule has 0 aromatic heterocycles. The molecular formula is C16H18O3. The summed E-state index contributed by atoms with van der Waals surface area (Å²) in [6.07, 6.45) is 9.41. The van der Waals surface area contributed by atoms with Crippen LogP contribution in [0, 0.1) is 12.3 Å². The van der Waals surface area contributed by atoms with Crippen LogP contribution in [0.4, 0.5) is 4.79 Å². The van der Waals surface area contributed by atoms with Crippen molar-refractivity contribution in [2.75, 3.05) is 0 Å². The van der Waals surface area contributed by atoms with E-state index in [9.17, 15) is 4.79 Å². The van der Waals surface area contributed by atoms with Crippen molar-refractivity contribution in [3.8, 4) is 12.3 Å². The molecule has 0 amide bonds. The second-order valence-electron chi connectivity index (χ2n) is 4.84. The maximum absolute atomic E-state index is 10.5. The third kappa shape index (κ3) is 5.78. The Hall–Kier alpha value is -2.21. The average molecular weight is 258 g/mol. The van der Waals surface area contributed by atoms with Crippen molar-refractivity contribution in [3.63, 3.8) is 0 Å². The number of allylic oxidation sites excluding steroid dienone is 1. The summed E-state index contributed by atoms with van der Waals surface area (Å²) >= 11 is 0. The van der Waals surface area contributed by atoms with Gasteiger partial charge in [0.05, 0.1) is 0 Å². The first-order valence-corrected chi connectivity index (χ1v) is 6.08. The molecule has 1 aromatic rings. The summed E-state index contributed by atoms with van der Waals surface area (Å²) in [5.41, 5.74) is 1.26. The second kappa shape index (κ2) is 6.65. The molecule has 1 aromatic carbocycles. The molecule has 0 bridgehead atoms. The SMILES string of the molecule is C#Cc1ccc(/C=C/CCC(C)(C)OC(=O)O)cc1. The summed E-state index contributed by atoms with van der Waals surface area (Å²) in [4.78, 5) is 10.5. The molecule has 0 aliphatic rings. The Morgan fingerprint density at radius 1 is 1.42 bits per heavy atom. The van der Waals surface area contributed by atoms with Crippen LogP contribution >= 0.6 is 0 Å². The fraction of sp³-hybridized carbons (Fsp3) is 0.312. The molecule has 0 spiro atoms. The zero-order valence-electron chi connectivity index (χ0n) is 11.2. The zero-order valence-corrected chi connectivity index (χ0v) is 11.2. The van der Waals surface area contributed by atoms with E-state index < -0.39 is 11.8 Å². The van der Waals surface area contributed by atoms with Gasteiger partial charge >= 0.3 is 6.16 Å². The lowest BCUT2D eigenvalue weighted by Gasteiger charge is -2.22. The molecule has 0 aliphatic heterocycles. The van der Waals surface area contributed by atoms with Crippen LogP contribution in [0.2, 0.25) is 0 Å². The van der Waals surface area contributed by atoms with E-state index >= 15 is 0 Å². The molecule has 1 rings (SSSR count). The van der Waals surface area contributed by atoms with Gasteiger partial charge in [-0.05, 0) is 44.4 Å². The van der Waals surface area contributed by atoms with Gasteiger partial charge < -0.3 is 9.84 Å². The number of ether oxygens (including phenoxy) is 1. The molecule has 100 valence electrons. The van der Waals surface area contributed by atoms with E-state index in [4.69, 9.17) is 16.3 Å². The van der Waals surface area contributed by atoms with Crippen molar-refractivity contribution < 1.29 is 14.6 Å². The number of carboxylic acid groups (broad SMARTS) is 1. The van der Waals surface area contributed by atoms with Crippen LogP contribution in [0.1, 0.15) is 37.8 Å². The molecule has 19 heavy (non-hydrogen) atoms. The molecule has 0 saturated heterocycles. The highest BCUT2D eigenvalue weighted by molar-refractivity contribution is 5.57. The Morgan fingerprint density at radius 2 is 2.05 bits per heavy atom. The predicted octanol–water partition coefficient (Wildman–Crippen LogP) is 3.93. The predicted molar refractivity (Wildman–Crippen MR) is 75.8 cm³/mol. The maximum atomic E-state index is 10.5. The van der Waals surface area contributed by atoms with Crippen LogP contribution in [0.3, 0.4) is 0 Å². The first-order valence-electron chi connectivity index (χ1n) is 6.08. The summed E-state index contributed by atoms with van der Waals surface area (Å²) in [6, 6.07) is 7.67. The Morgan fingerprint density at radius 3 is 2.58 bits per heavy atom. The lowest BCUT2D eigenvalue weighted by molar-refractivity contribution is -0.000315. The van der Waals surface area contributed by atoms with Gasteiger partial charge in [-0.25, -0.2) is 4.79 Å². The van der Waals surface area contributed by atoms with E-state index in [0.29, 0.717) is 6.42 Å². The molecule has 0 aliphatic carbocycles. The van der Waals surface area contributed by atoms with E-state index in [1.54, 1.807) is 13.8 Å². The number of benzene rings is 1. The second-order valence-corrected chi connectivity index (χ2v) is 4.84. The van der Waals surface area contributed by atoms with Crippen LogP contribution in [0.5, 0.6) is 0 Å². The van der Waals surface area contributed by atoms with Gasteiger partial charge in [-0.3, -0.25) is 0 Å². The van der Waals surface area contributed by atoms with Crippen LogP contribution in [0.15, 0.2) is 30.3 Å². The van der Waals surface area contributed by atoms with E-state index in [1.165, 1.54) is 0 Å². The standard InChI is InChI=1S/C16H18O3/c1-4-13-8-10-14(11-9-13)7-5-6-12-16(2,3)19-15(17)18/h1,5,7-11H,6,12H2,2-3H3,(H,17,18)/b7-5+. The van der Waals surface area contributed by atoms with Crippen LogP contribution in [-0.2, 0) is 4.74 Å². The van der Waals surface area contributed by atoms with Crippen molar-refractivity contribution in [3.05, 3.63) is 41.5 Å². The Kier molecular flexibility index (Phi) is 5.20. The number of hydrogen-bond donors (Lipinski definition) is 1. The summed E-state index contributed by atoms with van der Waals surface area (Å²) in [5.74, 6) is 2.56. The highest BCUT2D eigenvalue weighted by atomic mass is 16.7. The number of carbonyl (C=O) groups is 1. The molecular weight excluding hydrogens is 240 g/mol. The summed E-state index contributed by atoms with van der Waals surface area (Å²) in [5, 5.41) is 8.58. The van der Waals surface area contributed by atoms with Crippen LogP contribution in [-0.4, -0.2) is 16.9 Å². The van der Waals surface area contributed by atoms with Crippen molar-refractivity contribution in [1.29, 1.82) is 0 Å². The molecule has 0 saturated carbocycles. The molecule has 0 unspecified atom stereocenters. The molecule has 3 nitrogen and oxygen atoms in total. The lowest BCUT2D eigenvalue weighted by atomic mass is 10.0. The van der Waals surface area contributed by atoms with E-state index in [1.807, 2.05) is 36.4 Å². The highest BCUT2D eigenvalue weighted by Gasteiger charge is 2.21. The van der Waals surface area contributed by atoms with Crippen molar-refractivity contribution >= 4 is 12.2 Å². The topological polar surface area (TPSA) is 46.5 Å². The Labute approximate surface area is 113 Å². The van der Waals surface area contributed by atoms with Gasteiger partial charge in [-0.1, -0.05) is 30.2 Å². The van der Waals surface area contributed by atoms with E-state index in [2.05, 4.69) is 5.92 Å². The van der Waals surface area contributed by atoms with Gasteiger partial charge in [-0.15, -0.1) is 6.42 Å². The van der Waals surface area contributed by atoms with Crippen molar-refractivity contribution in [2.45, 2.75) is 32.3 Å². The molecule has 0 fully saturated rings. The first-order chi connectivity index (χ1) is 8.93. The fourth-order valence-electron chi connectivity index (χ4n) is 1.63. The fourth-order valence-corrected chi connectivity index (χ4v) is 1.63. The van der Waals surface area contributed by atoms with Gasteiger partial charge in [0, 0.05) is 5.56 Å². The summed E-state index contributed by atoms with van der Waals surface area (Å²) < 4.78 is 4.78. The molecule has 0 heterocycles. The van der Waals surface area contributed by atoms with Crippen molar-refractivity contribution in [1.82, 2.24) is 0 Å². The van der Waals surface area contributed by atoms with Gasteiger partial charge in [-0.2, -0.15) is 0 Å². The largest absolute Gasteiger partial charge is 0.506 e. The van der Waals surface area contributed by atoms with Crippen LogP contribution in [0.25, 0.3) is 6.08 Å². The highest BCUT2D eigenvalue weighted by Crippen LogP contribution is 2.17. The maximum Gasteiger partial charge on any atom is 0.506 e. The number of rotatable bonds is 5. The minimum atomic E-state index is -1.24. The number of hydrogen-bond acceptors (Lipinski definition) is 2. The van der Waals surface area contributed by atoms with E-state index in [0.717, 1.165) is 17.5 Å². The molecule has 1 N–H and O–H groups in total. The minimum Gasteiger partial charge on any atom is -0.450 e. The third-order valence-electron chi connectivity index (χ3n) is 2.66.